The van der Waals surface area contributed by atoms with Gasteiger partial charge in [0.05, 0.1) is 12.1 Å². The van der Waals surface area contributed by atoms with Crippen molar-refractivity contribution in [2.45, 2.75) is 25.3 Å². The summed E-state index contributed by atoms with van der Waals surface area (Å²) in [5.74, 6) is -0.526. The van der Waals surface area contributed by atoms with Gasteiger partial charge in [0, 0.05) is 0 Å². The second-order valence-corrected chi connectivity index (χ2v) is 4.96. The quantitative estimate of drug-likeness (QED) is 0.799. The average molecular weight is 258 g/mol. The van der Waals surface area contributed by atoms with E-state index in [0.717, 1.165) is 18.9 Å². The Hall–Kier alpha value is -2.10. The standard InChI is InChI=1S/C15H18N2O2/c1-3-13(18)16-10-14(19)17-15(2)9-8-11-6-4-5-7-12(11)15/h3-7H,1,8-10H2,2H3,(H,16,18)(H,17,19). The minimum Gasteiger partial charge on any atom is -0.345 e. The van der Waals surface area contributed by atoms with E-state index in [1.807, 2.05) is 25.1 Å². The summed E-state index contributed by atoms with van der Waals surface area (Å²) in [5.41, 5.74) is 2.10. The highest BCUT2D eigenvalue weighted by Gasteiger charge is 2.35. The second-order valence-electron chi connectivity index (χ2n) is 4.96. The molecule has 0 fully saturated rings. The van der Waals surface area contributed by atoms with Gasteiger partial charge in [0.1, 0.15) is 0 Å². The third-order valence-electron chi connectivity index (χ3n) is 3.53. The molecule has 4 nitrogen and oxygen atoms in total. The molecular formula is C15H18N2O2. The lowest BCUT2D eigenvalue weighted by atomic mass is 9.94. The fourth-order valence-electron chi connectivity index (χ4n) is 2.52. The maximum Gasteiger partial charge on any atom is 0.243 e. The Kier molecular flexibility index (Phi) is 3.69. The maximum absolute atomic E-state index is 11.9. The lowest BCUT2D eigenvalue weighted by Gasteiger charge is -2.27. The summed E-state index contributed by atoms with van der Waals surface area (Å²) < 4.78 is 0. The molecule has 1 aliphatic carbocycles. The number of benzene rings is 1. The van der Waals surface area contributed by atoms with Crippen LogP contribution in [0.2, 0.25) is 0 Å². The largest absolute Gasteiger partial charge is 0.345 e. The number of carbonyl (C=O) groups is 2. The number of fused-ring (bicyclic) bond motifs is 1. The zero-order valence-corrected chi connectivity index (χ0v) is 11.0. The van der Waals surface area contributed by atoms with Crippen LogP contribution in [0.5, 0.6) is 0 Å². The molecule has 1 aromatic rings. The van der Waals surface area contributed by atoms with Crippen molar-refractivity contribution in [1.29, 1.82) is 0 Å². The van der Waals surface area contributed by atoms with Crippen LogP contribution in [0.4, 0.5) is 0 Å². The van der Waals surface area contributed by atoms with E-state index in [-0.39, 0.29) is 23.9 Å². The summed E-state index contributed by atoms with van der Waals surface area (Å²) in [6.07, 6.45) is 3.00. The normalized spacial score (nSPS) is 20.5. The first-order valence-electron chi connectivity index (χ1n) is 6.35. The van der Waals surface area contributed by atoms with Crippen LogP contribution in [0, 0.1) is 0 Å². The fraction of sp³-hybridized carbons (Fsp3) is 0.333. The molecule has 0 heterocycles. The highest BCUT2D eigenvalue weighted by Crippen LogP contribution is 2.36. The predicted octanol–water partition coefficient (Wildman–Crippen LogP) is 1.27. The fourth-order valence-corrected chi connectivity index (χ4v) is 2.52. The smallest absolute Gasteiger partial charge is 0.243 e. The Labute approximate surface area is 112 Å². The number of hydrogen-bond acceptors (Lipinski definition) is 2. The molecule has 100 valence electrons. The third-order valence-corrected chi connectivity index (χ3v) is 3.53. The number of carbonyl (C=O) groups excluding carboxylic acids is 2. The highest BCUT2D eigenvalue weighted by atomic mass is 16.2. The van der Waals surface area contributed by atoms with Crippen LogP contribution in [0.1, 0.15) is 24.5 Å². The van der Waals surface area contributed by atoms with E-state index in [4.69, 9.17) is 0 Å². The molecule has 1 aliphatic rings. The lowest BCUT2D eigenvalue weighted by Crippen LogP contribution is -2.46. The van der Waals surface area contributed by atoms with Crippen molar-refractivity contribution in [3.63, 3.8) is 0 Å². The molecule has 0 aromatic heterocycles. The van der Waals surface area contributed by atoms with Crippen LogP contribution >= 0.6 is 0 Å². The van der Waals surface area contributed by atoms with Gasteiger partial charge in [-0.05, 0) is 37.0 Å². The van der Waals surface area contributed by atoms with Gasteiger partial charge >= 0.3 is 0 Å². The first-order valence-corrected chi connectivity index (χ1v) is 6.35. The number of amides is 2. The van der Waals surface area contributed by atoms with Gasteiger partial charge in [0.2, 0.25) is 11.8 Å². The summed E-state index contributed by atoms with van der Waals surface area (Å²) in [4.78, 5) is 22.9. The van der Waals surface area contributed by atoms with Gasteiger partial charge in [-0.1, -0.05) is 30.8 Å². The summed E-state index contributed by atoms with van der Waals surface area (Å²) in [7, 11) is 0. The SMILES string of the molecule is C=CC(=O)NCC(=O)NC1(C)CCc2ccccc21. The molecule has 1 atom stereocenters. The van der Waals surface area contributed by atoms with E-state index in [9.17, 15) is 9.59 Å². The van der Waals surface area contributed by atoms with Crippen LogP contribution in [-0.2, 0) is 21.5 Å². The van der Waals surface area contributed by atoms with E-state index in [2.05, 4.69) is 23.3 Å². The minimum absolute atomic E-state index is 0.0252. The average Bonchev–Trinajstić information content (AvgIpc) is 2.74. The molecule has 0 saturated carbocycles. The molecule has 0 aliphatic heterocycles. The number of aryl methyl sites for hydroxylation is 1. The number of hydrogen-bond donors (Lipinski definition) is 2. The van der Waals surface area contributed by atoms with Crippen molar-refractivity contribution >= 4 is 11.8 Å². The molecule has 2 rings (SSSR count). The van der Waals surface area contributed by atoms with E-state index < -0.39 is 0 Å². The van der Waals surface area contributed by atoms with Crippen LogP contribution < -0.4 is 10.6 Å². The molecule has 0 spiro atoms. The van der Waals surface area contributed by atoms with Crippen molar-refractivity contribution in [2.24, 2.45) is 0 Å². The van der Waals surface area contributed by atoms with E-state index in [1.54, 1.807) is 0 Å². The van der Waals surface area contributed by atoms with Gasteiger partial charge in [-0.3, -0.25) is 9.59 Å². The molecule has 0 saturated heterocycles. The van der Waals surface area contributed by atoms with Gasteiger partial charge in [0.15, 0.2) is 0 Å². The van der Waals surface area contributed by atoms with E-state index in [0.29, 0.717) is 0 Å². The summed E-state index contributed by atoms with van der Waals surface area (Å²) in [6, 6.07) is 8.13. The molecule has 1 aromatic carbocycles. The second kappa shape index (κ2) is 5.26. The molecular weight excluding hydrogens is 240 g/mol. The molecule has 2 amide bonds. The van der Waals surface area contributed by atoms with Crippen molar-refractivity contribution in [3.05, 3.63) is 48.0 Å². The van der Waals surface area contributed by atoms with Gasteiger partial charge in [-0.25, -0.2) is 0 Å². The Balaban J connectivity index is 2.01. The van der Waals surface area contributed by atoms with Crippen LogP contribution in [0.25, 0.3) is 0 Å². The summed E-state index contributed by atoms with van der Waals surface area (Å²) in [6.45, 7) is 5.34. The monoisotopic (exact) mass is 258 g/mol. The summed E-state index contributed by atoms with van der Waals surface area (Å²) in [5, 5.41) is 5.48. The molecule has 0 bridgehead atoms. The van der Waals surface area contributed by atoms with Crippen LogP contribution in [0.3, 0.4) is 0 Å². The van der Waals surface area contributed by atoms with Crippen LogP contribution in [-0.4, -0.2) is 18.4 Å². The van der Waals surface area contributed by atoms with Crippen molar-refractivity contribution < 1.29 is 9.59 Å². The zero-order chi connectivity index (χ0) is 13.9. The van der Waals surface area contributed by atoms with Crippen LogP contribution in [0.15, 0.2) is 36.9 Å². The third kappa shape index (κ3) is 2.84. The van der Waals surface area contributed by atoms with E-state index in [1.165, 1.54) is 11.1 Å². The highest BCUT2D eigenvalue weighted by molar-refractivity contribution is 5.90. The summed E-state index contributed by atoms with van der Waals surface area (Å²) >= 11 is 0. The van der Waals surface area contributed by atoms with Crippen molar-refractivity contribution in [1.82, 2.24) is 10.6 Å². The molecule has 4 heteroatoms. The lowest BCUT2D eigenvalue weighted by molar-refractivity contribution is -0.125. The van der Waals surface area contributed by atoms with Gasteiger partial charge in [0.25, 0.3) is 0 Å². The Morgan fingerprint density at radius 2 is 2.16 bits per heavy atom. The minimum atomic E-state index is -0.341. The topological polar surface area (TPSA) is 58.2 Å². The van der Waals surface area contributed by atoms with Crippen molar-refractivity contribution in [3.8, 4) is 0 Å². The Morgan fingerprint density at radius 3 is 2.89 bits per heavy atom. The predicted molar refractivity (Wildman–Crippen MR) is 73.5 cm³/mol. The molecule has 19 heavy (non-hydrogen) atoms. The molecule has 2 N–H and O–H groups in total. The molecule has 1 unspecified atom stereocenters. The molecule has 0 radical (unpaired) electrons. The van der Waals surface area contributed by atoms with Crippen molar-refractivity contribution in [2.75, 3.05) is 6.54 Å². The van der Waals surface area contributed by atoms with Gasteiger partial charge in [-0.2, -0.15) is 0 Å². The van der Waals surface area contributed by atoms with E-state index >= 15 is 0 Å². The van der Waals surface area contributed by atoms with Gasteiger partial charge in [-0.15, -0.1) is 0 Å². The Morgan fingerprint density at radius 1 is 1.42 bits per heavy atom. The number of rotatable bonds is 4. The van der Waals surface area contributed by atoms with Gasteiger partial charge < -0.3 is 10.6 Å². The zero-order valence-electron chi connectivity index (χ0n) is 11.0. The Bertz CT molecular complexity index is 525. The first-order chi connectivity index (χ1) is 9.05. The maximum atomic E-state index is 11.9. The first kappa shape index (κ1) is 13.3. The number of nitrogens with one attached hydrogen (secondary N) is 2.